The van der Waals surface area contributed by atoms with Crippen LogP contribution in [0.4, 0.5) is 10.1 Å². The summed E-state index contributed by atoms with van der Waals surface area (Å²) in [5, 5.41) is 14.6. The second kappa shape index (κ2) is 13.0. The van der Waals surface area contributed by atoms with Crippen LogP contribution in [0.3, 0.4) is 0 Å². The van der Waals surface area contributed by atoms with Crippen molar-refractivity contribution in [2.75, 3.05) is 19.0 Å². The Bertz CT molecular complexity index is 1100. The van der Waals surface area contributed by atoms with Gasteiger partial charge in [0.25, 0.3) is 0 Å². The highest BCUT2D eigenvalue weighted by Gasteiger charge is 2.20. The van der Waals surface area contributed by atoms with E-state index in [2.05, 4.69) is 15.4 Å². The Hall–Kier alpha value is -3.23. The minimum absolute atomic E-state index is 0.161. The number of benzene rings is 2. The van der Waals surface area contributed by atoms with E-state index in [0.29, 0.717) is 35.2 Å². The summed E-state index contributed by atoms with van der Waals surface area (Å²) in [4.78, 5) is 4.41. The second-order valence-electron chi connectivity index (χ2n) is 8.41. The minimum Gasteiger partial charge on any atom is -0.497 e. The first kappa shape index (κ1) is 26.4. The van der Waals surface area contributed by atoms with Crippen molar-refractivity contribution >= 4 is 34.4 Å². The molecule has 2 aromatic carbocycles. The third-order valence-electron chi connectivity index (χ3n) is 5.55. The fourth-order valence-corrected chi connectivity index (χ4v) is 3.53. The molecule has 7 nitrogen and oxygen atoms in total. The lowest BCUT2D eigenvalue weighted by Gasteiger charge is -2.20. The van der Waals surface area contributed by atoms with Crippen LogP contribution in [0.5, 0.6) is 5.75 Å². The van der Waals surface area contributed by atoms with Crippen molar-refractivity contribution in [1.82, 2.24) is 0 Å². The zero-order chi connectivity index (χ0) is 25.2. The molecule has 1 aliphatic rings. The molecule has 2 aromatic rings. The van der Waals surface area contributed by atoms with Crippen LogP contribution in [0, 0.1) is 17.1 Å². The van der Waals surface area contributed by atoms with Gasteiger partial charge in [-0.15, -0.1) is 0 Å². The number of halogens is 2. The van der Waals surface area contributed by atoms with Crippen LogP contribution in [-0.2, 0) is 11.3 Å². The zero-order valence-corrected chi connectivity index (χ0v) is 20.7. The van der Waals surface area contributed by atoms with Crippen molar-refractivity contribution in [3.05, 3.63) is 71.2 Å². The molecule has 186 valence electrons. The van der Waals surface area contributed by atoms with E-state index in [1.807, 2.05) is 31.2 Å². The lowest BCUT2D eigenvalue weighted by Crippen LogP contribution is -2.13. The molecule has 0 unspecified atom stereocenters. The van der Waals surface area contributed by atoms with E-state index in [-0.39, 0.29) is 17.4 Å². The highest BCUT2D eigenvalue weighted by molar-refractivity contribution is 6.67. The van der Waals surface area contributed by atoms with Gasteiger partial charge in [0.15, 0.2) is 0 Å². The molecule has 1 aliphatic carbocycles. The number of hydrazone groups is 1. The highest BCUT2D eigenvalue weighted by atomic mass is 35.5. The molecule has 0 bridgehead atoms. The van der Waals surface area contributed by atoms with Gasteiger partial charge in [-0.25, -0.2) is 4.39 Å². The molecule has 4 N–H and O–H groups in total. The minimum atomic E-state index is -0.422. The number of allylic oxidation sites excluding steroid dienone is 2. The molecule has 9 heteroatoms. The smallest absolute Gasteiger partial charge is 0.123 e. The number of hydrogen-bond donors (Lipinski definition) is 3. The van der Waals surface area contributed by atoms with Crippen LogP contribution in [0.15, 0.2) is 64.3 Å². The van der Waals surface area contributed by atoms with Crippen LogP contribution in [0.2, 0.25) is 0 Å². The van der Waals surface area contributed by atoms with Crippen molar-refractivity contribution in [3.8, 4) is 5.75 Å². The lowest BCUT2D eigenvalue weighted by atomic mass is 10.1. The zero-order valence-electron chi connectivity index (χ0n) is 19.9. The molecule has 0 aromatic heterocycles. The Morgan fingerprint density at radius 1 is 1.29 bits per heavy atom. The average molecular weight is 500 g/mol. The number of aliphatic imine (C=N–C) groups is 1. The predicted octanol–water partition coefficient (Wildman–Crippen LogP) is 5.81. The van der Waals surface area contributed by atoms with Crippen LogP contribution in [0.1, 0.15) is 43.4 Å². The van der Waals surface area contributed by atoms with Crippen LogP contribution in [0.25, 0.3) is 0 Å². The predicted molar refractivity (Wildman–Crippen MR) is 140 cm³/mol. The van der Waals surface area contributed by atoms with Gasteiger partial charge in [0.05, 0.1) is 25.5 Å². The maximum Gasteiger partial charge on any atom is 0.123 e. The summed E-state index contributed by atoms with van der Waals surface area (Å²) in [5.41, 5.74) is 3.33. The van der Waals surface area contributed by atoms with Gasteiger partial charge in [-0.1, -0.05) is 23.7 Å². The van der Waals surface area contributed by atoms with Gasteiger partial charge in [0, 0.05) is 36.1 Å². The molecule has 1 saturated carbocycles. The van der Waals surface area contributed by atoms with Crippen molar-refractivity contribution in [1.29, 1.82) is 5.41 Å². The SMILES string of the molecule is COc1ccc(CO[C@H](C)c2cc(F)ccc2N/C(=C\C(=N)Cl)CC(C=NCC2CC2)=NN)cc1. The van der Waals surface area contributed by atoms with Gasteiger partial charge in [-0.05, 0) is 67.7 Å². The Morgan fingerprint density at radius 3 is 2.66 bits per heavy atom. The van der Waals surface area contributed by atoms with Gasteiger partial charge < -0.3 is 20.6 Å². The van der Waals surface area contributed by atoms with Crippen LogP contribution < -0.4 is 15.9 Å². The molecular weight excluding hydrogens is 469 g/mol. The molecule has 0 heterocycles. The molecule has 3 rings (SSSR count). The third-order valence-corrected chi connectivity index (χ3v) is 5.65. The summed E-state index contributed by atoms with van der Waals surface area (Å²) in [6, 6.07) is 12.0. The average Bonchev–Trinajstić information content (AvgIpc) is 3.67. The van der Waals surface area contributed by atoms with Crippen LogP contribution in [-0.4, -0.2) is 30.8 Å². The molecule has 35 heavy (non-hydrogen) atoms. The highest BCUT2D eigenvalue weighted by Crippen LogP contribution is 2.30. The number of anilines is 1. The monoisotopic (exact) mass is 499 g/mol. The molecule has 0 aliphatic heterocycles. The Balaban J connectivity index is 1.73. The molecule has 0 radical (unpaired) electrons. The number of nitrogens with one attached hydrogen (secondary N) is 2. The van der Waals surface area contributed by atoms with Crippen LogP contribution >= 0.6 is 11.6 Å². The maximum atomic E-state index is 14.2. The molecule has 0 spiro atoms. The van der Waals surface area contributed by atoms with E-state index in [9.17, 15) is 4.39 Å². The molecule has 1 fully saturated rings. The number of rotatable bonds is 13. The van der Waals surface area contributed by atoms with Gasteiger partial charge in [-0.2, -0.15) is 5.10 Å². The fraction of sp³-hybridized carbons (Fsp3) is 0.346. The summed E-state index contributed by atoms with van der Waals surface area (Å²) >= 11 is 5.85. The maximum absolute atomic E-state index is 14.2. The van der Waals surface area contributed by atoms with Crippen molar-refractivity contribution in [3.63, 3.8) is 0 Å². The first-order chi connectivity index (χ1) is 16.9. The van der Waals surface area contributed by atoms with E-state index in [4.69, 9.17) is 32.3 Å². The lowest BCUT2D eigenvalue weighted by molar-refractivity contribution is 0.0528. The summed E-state index contributed by atoms with van der Waals surface area (Å²) in [5.74, 6) is 6.60. The van der Waals surface area contributed by atoms with E-state index in [0.717, 1.165) is 17.9 Å². The molecule has 1 atom stereocenters. The summed E-state index contributed by atoms with van der Waals surface area (Å²) in [6.07, 6.45) is 5.38. The van der Waals surface area contributed by atoms with Gasteiger partial charge >= 0.3 is 0 Å². The van der Waals surface area contributed by atoms with Gasteiger partial charge in [-0.3, -0.25) is 10.4 Å². The van der Waals surface area contributed by atoms with Crippen molar-refractivity contribution < 1.29 is 13.9 Å². The Labute approximate surface area is 210 Å². The molecule has 0 amide bonds. The first-order valence-electron chi connectivity index (χ1n) is 11.4. The number of methoxy groups -OCH3 is 1. The number of nitrogens with zero attached hydrogens (tertiary/aromatic N) is 2. The summed E-state index contributed by atoms with van der Waals surface area (Å²) in [6.45, 7) is 2.95. The van der Waals surface area contributed by atoms with Gasteiger partial charge in [0.1, 0.15) is 16.7 Å². The van der Waals surface area contributed by atoms with Crippen molar-refractivity contribution in [2.24, 2.45) is 21.9 Å². The topological polar surface area (TPSA) is 105 Å². The molecule has 0 saturated heterocycles. The standard InChI is InChI=1S/C26H31ClFN5O2/c1-17(35-16-19-5-8-23(34-2)9-6-19)24-11-20(28)7-10-25(24)32-21(13-26(27)29)12-22(33-30)15-31-14-18-3-4-18/h5-11,13,15,17-18,29,32H,3-4,12,14,16,30H2,1-2H3/b21-13-,29-26?,31-15?,33-22?/t17-/m1/s1. The van der Waals surface area contributed by atoms with E-state index < -0.39 is 6.10 Å². The van der Waals surface area contributed by atoms with E-state index >= 15 is 0 Å². The quantitative estimate of drug-likeness (QED) is 0.184. The normalized spacial score (nSPS) is 15.3. The Kier molecular flexibility index (Phi) is 9.81. The number of nitrogens with two attached hydrogens (primary N) is 1. The first-order valence-corrected chi connectivity index (χ1v) is 11.8. The largest absolute Gasteiger partial charge is 0.497 e. The van der Waals surface area contributed by atoms with Crippen molar-refractivity contribution in [2.45, 2.75) is 38.9 Å². The van der Waals surface area contributed by atoms with E-state index in [1.165, 1.54) is 31.1 Å². The fourth-order valence-electron chi connectivity index (χ4n) is 3.40. The molecular formula is C26H31ClFN5O2. The summed E-state index contributed by atoms with van der Waals surface area (Å²) < 4.78 is 25.4. The summed E-state index contributed by atoms with van der Waals surface area (Å²) in [7, 11) is 1.61. The van der Waals surface area contributed by atoms with Gasteiger partial charge in [0.2, 0.25) is 0 Å². The van der Waals surface area contributed by atoms with E-state index in [1.54, 1.807) is 19.4 Å². The second-order valence-corrected chi connectivity index (χ2v) is 8.82. The third kappa shape index (κ3) is 8.81. The Morgan fingerprint density at radius 2 is 2.03 bits per heavy atom. The number of ether oxygens (including phenoxy) is 2. The number of hydrogen-bond acceptors (Lipinski definition) is 7.